The minimum absolute atomic E-state index is 0.0375. The minimum atomic E-state index is -0.485. The van der Waals surface area contributed by atoms with E-state index in [9.17, 15) is 9.59 Å². The van der Waals surface area contributed by atoms with Crippen LogP contribution in [-0.4, -0.2) is 47.0 Å². The molecule has 7 nitrogen and oxygen atoms in total. The maximum absolute atomic E-state index is 11.8. The van der Waals surface area contributed by atoms with Gasteiger partial charge in [0.2, 0.25) is 5.91 Å². The zero-order valence-electron chi connectivity index (χ0n) is 10.1. The first-order valence-corrected chi connectivity index (χ1v) is 5.90. The molecule has 2 aliphatic rings. The van der Waals surface area contributed by atoms with E-state index >= 15 is 0 Å². The van der Waals surface area contributed by atoms with Gasteiger partial charge in [0.15, 0.2) is 0 Å². The van der Waals surface area contributed by atoms with Crippen molar-refractivity contribution in [3.63, 3.8) is 0 Å². The molecule has 0 aliphatic carbocycles. The quantitative estimate of drug-likeness (QED) is 0.633. The SMILES string of the molecule is CC(=O)NC1C=CN(C2CCC(CO)O2)C(=O)N1. The molecule has 7 heteroatoms. The summed E-state index contributed by atoms with van der Waals surface area (Å²) in [5.41, 5.74) is 0. The second-order valence-electron chi connectivity index (χ2n) is 4.35. The molecule has 2 rings (SSSR count). The molecular formula is C11H17N3O4. The number of rotatable bonds is 3. The summed E-state index contributed by atoms with van der Waals surface area (Å²) in [6.07, 6.45) is 3.66. The molecule has 0 aromatic carbocycles. The van der Waals surface area contributed by atoms with Crippen LogP contribution in [0.25, 0.3) is 0 Å². The van der Waals surface area contributed by atoms with Crippen LogP contribution in [0, 0.1) is 0 Å². The van der Waals surface area contributed by atoms with E-state index in [1.54, 1.807) is 12.3 Å². The lowest BCUT2D eigenvalue weighted by Crippen LogP contribution is -2.55. The summed E-state index contributed by atoms with van der Waals surface area (Å²) in [5, 5.41) is 14.2. The molecule has 3 N–H and O–H groups in total. The third-order valence-corrected chi connectivity index (χ3v) is 2.91. The van der Waals surface area contributed by atoms with Gasteiger partial charge in [-0.25, -0.2) is 4.79 Å². The van der Waals surface area contributed by atoms with Gasteiger partial charge >= 0.3 is 6.03 Å². The van der Waals surface area contributed by atoms with Crippen LogP contribution in [0.15, 0.2) is 12.3 Å². The van der Waals surface area contributed by atoms with Gasteiger partial charge in [0.1, 0.15) is 12.4 Å². The van der Waals surface area contributed by atoms with Crippen LogP contribution >= 0.6 is 0 Å². The molecule has 2 aliphatic heterocycles. The number of urea groups is 1. The first kappa shape index (κ1) is 12.8. The van der Waals surface area contributed by atoms with Gasteiger partial charge in [0.05, 0.1) is 12.7 Å². The first-order chi connectivity index (χ1) is 8.60. The maximum Gasteiger partial charge on any atom is 0.325 e. The van der Waals surface area contributed by atoms with Crippen LogP contribution in [0.5, 0.6) is 0 Å². The minimum Gasteiger partial charge on any atom is -0.394 e. The van der Waals surface area contributed by atoms with E-state index in [0.717, 1.165) is 6.42 Å². The van der Waals surface area contributed by atoms with Gasteiger partial charge in [-0.3, -0.25) is 9.69 Å². The summed E-state index contributed by atoms with van der Waals surface area (Å²) in [6, 6.07) is -0.320. The Hall–Kier alpha value is -1.60. The Kier molecular flexibility index (Phi) is 3.83. The normalized spacial score (nSPS) is 31.3. The fourth-order valence-corrected chi connectivity index (χ4v) is 2.06. The summed E-state index contributed by atoms with van der Waals surface area (Å²) < 4.78 is 5.51. The Morgan fingerprint density at radius 3 is 3.00 bits per heavy atom. The molecule has 3 unspecified atom stereocenters. The number of ether oxygens (including phenoxy) is 1. The molecule has 18 heavy (non-hydrogen) atoms. The number of amides is 3. The fourth-order valence-electron chi connectivity index (χ4n) is 2.06. The molecule has 1 saturated heterocycles. The number of hydrogen-bond donors (Lipinski definition) is 3. The third-order valence-electron chi connectivity index (χ3n) is 2.91. The highest BCUT2D eigenvalue weighted by atomic mass is 16.5. The summed E-state index contributed by atoms with van der Waals surface area (Å²) in [6.45, 7) is 1.35. The molecule has 0 aromatic heterocycles. The number of aliphatic hydroxyl groups excluding tert-OH is 1. The second-order valence-corrected chi connectivity index (χ2v) is 4.35. The van der Waals surface area contributed by atoms with Crippen LogP contribution in [-0.2, 0) is 9.53 Å². The lowest BCUT2D eigenvalue weighted by atomic mass is 10.2. The van der Waals surface area contributed by atoms with Gasteiger partial charge in [0, 0.05) is 13.1 Å². The summed E-state index contributed by atoms with van der Waals surface area (Å²) >= 11 is 0. The predicted molar refractivity (Wildman–Crippen MR) is 62.1 cm³/mol. The number of hydrogen-bond acceptors (Lipinski definition) is 4. The lowest BCUT2D eigenvalue weighted by Gasteiger charge is -2.31. The molecule has 3 atom stereocenters. The molecule has 3 amide bonds. The molecule has 1 fully saturated rings. The Balaban J connectivity index is 1.95. The van der Waals surface area contributed by atoms with Gasteiger partial charge in [-0.2, -0.15) is 0 Å². The summed E-state index contributed by atoms with van der Waals surface area (Å²) in [4.78, 5) is 24.2. The lowest BCUT2D eigenvalue weighted by molar-refractivity contribution is -0.119. The van der Waals surface area contributed by atoms with Gasteiger partial charge in [-0.1, -0.05) is 0 Å². The van der Waals surface area contributed by atoms with Crippen molar-refractivity contribution >= 4 is 11.9 Å². The predicted octanol–water partition coefficient (Wildman–Crippen LogP) is -0.515. The number of carbonyl (C=O) groups is 2. The van der Waals surface area contributed by atoms with Gasteiger partial charge in [-0.05, 0) is 18.9 Å². The molecule has 100 valence electrons. The van der Waals surface area contributed by atoms with Crippen molar-refractivity contribution in [2.45, 2.75) is 38.3 Å². The Bertz CT molecular complexity index is 371. The van der Waals surface area contributed by atoms with E-state index in [4.69, 9.17) is 9.84 Å². The van der Waals surface area contributed by atoms with Gasteiger partial charge in [0.25, 0.3) is 0 Å². The van der Waals surface area contributed by atoms with Crippen molar-refractivity contribution in [2.24, 2.45) is 0 Å². The highest BCUT2D eigenvalue weighted by Crippen LogP contribution is 2.23. The molecular weight excluding hydrogens is 238 g/mol. The van der Waals surface area contributed by atoms with E-state index in [-0.39, 0.29) is 30.9 Å². The third kappa shape index (κ3) is 2.80. The van der Waals surface area contributed by atoms with Crippen LogP contribution in [0.2, 0.25) is 0 Å². The largest absolute Gasteiger partial charge is 0.394 e. The molecule has 0 spiro atoms. The average Bonchev–Trinajstić information content (AvgIpc) is 2.76. The van der Waals surface area contributed by atoms with Crippen molar-refractivity contribution in [1.29, 1.82) is 0 Å². The number of carbonyl (C=O) groups excluding carboxylic acids is 2. The van der Waals surface area contributed by atoms with Gasteiger partial charge in [-0.15, -0.1) is 0 Å². The summed E-state index contributed by atoms with van der Waals surface area (Å²) in [5.74, 6) is -0.212. The van der Waals surface area contributed by atoms with Crippen molar-refractivity contribution in [3.05, 3.63) is 12.3 Å². The summed E-state index contributed by atoms with van der Waals surface area (Å²) in [7, 11) is 0. The highest BCUT2D eigenvalue weighted by Gasteiger charge is 2.33. The van der Waals surface area contributed by atoms with Crippen molar-refractivity contribution in [2.75, 3.05) is 6.61 Å². The highest BCUT2D eigenvalue weighted by molar-refractivity contribution is 5.79. The van der Waals surface area contributed by atoms with Crippen LogP contribution in [0.4, 0.5) is 4.79 Å². The standard InChI is InChI=1S/C11H17N3O4/c1-7(16)12-9-4-5-14(11(17)13-9)10-3-2-8(6-15)18-10/h4-5,8-10,15H,2-3,6H2,1H3,(H,12,16)(H,13,17). The van der Waals surface area contributed by atoms with Crippen LogP contribution in [0.3, 0.4) is 0 Å². The van der Waals surface area contributed by atoms with Crippen LogP contribution in [0.1, 0.15) is 19.8 Å². The van der Waals surface area contributed by atoms with E-state index < -0.39 is 6.17 Å². The van der Waals surface area contributed by atoms with E-state index in [1.165, 1.54) is 11.8 Å². The van der Waals surface area contributed by atoms with Crippen molar-refractivity contribution < 1.29 is 19.4 Å². The zero-order valence-corrected chi connectivity index (χ0v) is 10.1. The molecule has 0 saturated carbocycles. The van der Waals surface area contributed by atoms with Crippen molar-refractivity contribution in [3.8, 4) is 0 Å². The Labute approximate surface area is 105 Å². The number of nitrogens with zero attached hydrogens (tertiary/aromatic N) is 1. The average molecular weight is 255 g/mol. The maximum atomic E-state index is 11.8. The number of aliphatic hydroxyl groups is 1. The smallest absolute Gasteiger partial charge is 0.325 e. The van der Waals surface area contributed by atoms with E-state index in [0.29, 0.717) is 6.42 Å². The Morgan fingerprint density at radius 1 is 1.67 bits per heavy atom. The second kappa shape index (κ2) is 5.36. The van der Waals surface area contributed by atoms with E-state index in [2.05, 4.69) is 10.6 Å². The van der Waals surface area contributed by atoms with Crippen molar-refractivity contribution in [1.82, 2.24) is 15.5 Å². The fraction of sp³-hybridized carbons (Fsp3) is 0.636. The van der Waals surface area contributed by atoms with E-state index in [1.807, 2.05) is 0 Å². The topological polar surface area (TPSA) is 90.9 Å². The zero-order chi connectivity index (χ0) is 13.1. The monoisotopic (exact) mass is 255 g/mol. The molecule has 2 heterocycles. The number of nitrogens with one attached hydrogen (secondary N) is 2. The van der Waals surface area contributed by atoms with Gasteiger partial charge < -0.3 is 20.5 Å². The first-order valence-electron chi connectivity index (χ1n) is 5.90. The van der Waals surface area contributed by atoms with Crippen LogP contribution < -0.4 is 10.6 Å². The molecule has 0 aromatic rings. The molecule has 0 radical (unpaired) electrons. The molecule has 0 bridgehead atoms. The Morgan fingerprint density at radius 2 is 2.44 bits per heavy atom.